The van der Waals surface area contributed by atoms with Crippen LogP contribution in [0.5, 0.6) is 0 Å². The first-order valence-electron chi connectivity index (χ1n) is 5.87. The molecule has 3 nitrogen and oxygen atoms in total. The van der Waals surface area contributed by atoms with Crippen LogP contribution >= 0.6 is 12.4 Å². The Bertz CT molecular complexity index is 195. The Labute approximate surface area is 106 Å². The molecule has 0 rings (SSSR count). The minimum atomic E-state index is -0.357. The first kappa shape index (κ1) is 18.1. The van der Waals surface area contributed by atoms with E-state index in [1.807, 2.05) is 0 Å². The van der Waals surface area contributed by atoms with Crippen molar-refractivity contribution in [1.82, 2.24) is 5.32 Å². The molecule has 1 amide bonds. The Hall–Kier alpha value is -0.280. The van der Waals surface area contributed by atoms with Gasteiger partial charge >= 0.3 is 0 Å². The van der Waals surface area contributed by atoms with E-state index < -0.39 is 0 Å². The van der Waals surface area contributed by atoms with Crippen molar-refractivity contribution >= 4 is 18.3 Å². The highest BCUT2D eigenvalue weighted by molar-refractivity contribution is 5.85. The van der Waals surface area contributed by atoms with Gasteiger partial charge in [-0.1, -0.05) is 34.6 Å². The number of carbonyl (C=O) groups excluding carboxylic acids is 1. The quantitative estimate of drug-likeness (QED) is 0.759. The monoisotopic (exact) mass is 250 g/mol. The van der Waals surface area contributed by atoms with Gasteiger partial charge in [0, 0.05) is 6.54 Å². The molecule has 0 aliphatic rings. The molecule has 0 aromatic rings. The third-order valence-corrected chi connectivity index (χ3v) is 2.80. The average molecular weight is 251 g/mol. The van der Waals surface area contributed by atoms with E-state index in [2.05, 4.69) is 39.9 Å². The molecule has 0 fully saturated rings. The first-order chi connectivity index (χ1) is 6.84. The van der Waals surface area contributed by atoms with Crippen LogP contribution < -0.4 is 11.1 Å². The number of halogens is 1. The molecule has 3 N–H and O–H groups in total. The molecule has 2 atom stereocenters. The fraction of sp³-hybridized carbons (Fsp3) is 0.917. The molecule has 4 heteroatoms. The van der Waals surface area contributed by atoms with Crippen LogP contribution in [0.1, 0.15) is 41.0 Å². The van der Waals surface area contributed by atoms with E-state index in [0.717, 1.165) is 13.0 Å². The Morgan fingerprint density at radius 3 is 2.06 bits per heavy atom. The topological polar surface area (TPSA) is 55.1 Å². The molecule has 0 aliphatic heterocycles. The van der Waals surface area contributed by atoms with E-state index >= 15 is 0 Å². The summed E-state index contributed by atoms with van der Waals surface area (Å²) in [4.78, 5) is 11.6. The molecule has 0 aliphatic carbocycles. The van der Waals surface area contributed by atoms with Crippen molar-refractivity contribution in [2.24, 2.45) is 23.5 Å². The standard InChI is InChI=1S/C12H26N2O.ClH/c1-8(2)6-11(13)12(15)14-7-10(5)9(3)4;/h8-11H,6-7,13H2,1-5H3,(H,14,15);1H/t10?,11-;/m0./s1. The summed E-state index contributed by atoms with van der Waals surface area (Å²) < 4.78 is 0. The van der Waals surface area contributed by atoms with Gasteiger partial charge in [-0.25, -0.2) is 0 Å². The van der Waals surface area contributed by atoms with E-state index in [1.54, 1.807) is 0 Å². The summed E-state index contributed by atoms with van der Waals surface area (Å²) in [6, 6.07) is -0.357. The first-order valence-corrected chi connectivity index (χ1v) is 5.87. The summed E-state index contributed by atoms with van der Waals surface area (Å²) in [5, 5.41) is 2.90. The minimum absolute atomic E-state index is 0. The van der Waals surface area contributed by atoms with Gasteiger partial charge in [0.05, 0.1) is 6.04 Å². The van der Waals surface area contributed by atoms with E-state index in [9.17, 15) is 4.79 Å². The maximum atomic E-state index is 11.6. The van der Waals surface area contributed by atoms with Crippen molar-refractivity contribution in [3.05, 3.63) is 0 Å². The second-order valence-corrected chi connectivity index (χ2v) is 5.20. The second-order valence-electron chi connectivity index (χ2n) is 5.20. The van der Waals surface area contributed by atoms with Crippen molar-refractivity contribution in [3.8, 4) is 0 Å². The third kappa shape index (κ3) is 7.94. The van der Waals surface area contributed by atoms with Crippen LogP contribution in [0.4, 0.5) is 0 Å². The number of carbonyl (C=O) groups is 1. The maximum Gasteiger partial charge on any atom is 0.236 e. The van der Waals surface area contributed by atoms with Crippen LogP contribution in [-0.4, -0.2) is 18.5 Å². The lowest BCUT2D eigenvalue weighted by molar-refractivity contribution is -0.122. The van der Waals surface area contributed by atoms with Gasteiger partial charge in [0.25, 0.3) is 0 Å². The fourth-order valence-electron chi connectivity index (χ4n) is 1.24. The van der Waals surface area contributed by atoms with Crippen LogP contribution in [0.3, 0.4) is 0 Å². The molecule has 1 unspecified atom stereocenters. The zero-order valence-corrected chi connectivity index (χ0v) is 11.9. The predicted molar refractivity (Wildman–Crippen MR) is 71.7 cm³/mol. The van der Waals surface area contributed by atoms with E-state index in [0.29, 0.717) is 17.8 Å². The molecule has 16 heavy (non-hydrogen) atoms. The average Bonchev–Trinajstić information content (AvgIpc) is 2.12. The van der Waals surface area contributed by atoms with Crippen molar-refractivity contribution in [2.75, 3.05) is 6.54 Å². The largest absolute Gasteiger partial charge is 0.354 e. The number of amides is 1. The predicted octanol–water partition coefficient (Wildman–Crippen LogP) is 2.19. The Morgan fingerprint density at radius 1 is 1.19 bits per heavy atom. The highest BCUT2D eigenvalue weighted by Gasteiger charge is 2.16. The highest BCUT2D eigenvalue weighted by Crippen LogP contribution is 2.08. The molecule has 0 saturated heterocycles. The van der Waals surface area contributed by atoms with Crippen molar-refractivity contribution in [1.29, 1.82) is 0 Å². The third-order valence-electron chi connectivity index (χ3n) is 2.80. The van der Waals surface area contributed by atoms with Gasteiger partial charge in [-0.3, -0.25) is 4.79 Å². The van der Waals surface area contributed by atoms with Gasteiger partial charge < -0.3 is 11.1 Å². The summed E-state index contributed by atoms with van der Waals surface area (Å²) in [5.41, 5.74) is 5.77. The summed E-state index contributed by atoms with van der Waals surface area (Å²) in [6.45, 7) is 11.3. The van der Waals surface area contributed by atoms with Crippen molar-refractivity contribution < 1.29 is 4.79 Å². The molecular weight excluding hydrogens is 224 g/mol. The number of nitrogens with two attached hydrogens (primary N) is 1. The number of hydrogen-bond acceptors (Lipinski definition) is 2. The van der Waals surface area contributed by atoms with E-state index in [4.69, 9.17) is 5.73 Å². The smallest absolute Gasteiger partial charge is 0.236 e. The Kier molecular flexibility index (Phi) is 9.98. The minimum Gasteiger partial charge on any atom is -0.354 e. The summed E-state index contributed by atoms with van der Waals surface area (Å²) in [6.07, 6.45) is 0.752. The van der Waals surface area contributed by atoms with Crippen LogP contribution in [0.2, 0.25) is 0 Å². The van der Waals surface area contributed by atoms with E-state index in [1.165, 1.54) is 0 Å². The molecule has 0 spiro atoms. The molecule has 0 aromatic carbocycles. The Morgan fingerprint density at radius 2 is 1.69 bits per heavy atom. The summed E-state index contributed by atoms with van der Waals surface area (Å²) >= 11 is 0. The number of nitrogens with one attached hydrogen (secondary N) is 1. The number of rotatable bonds is 6. The van der Waals surface area contributed by atoms with E-state index in [-0.39, 0.29) is 24.4 Å². The Balaban J connectivity index is 0. The van der Waals surface area contributed by atoms with Crippen LogP contribution in [0.15, 0.2) is 0 Å². The van der Waals surface area contributed by atoms with Gasteiger partial charge in [0.2, 0.25) is 5.91 Å². The van der Waals surface area contributed by atoms with Crippen LogP contribution in [0.25, 0.3) is 0 Å². The van der Waals surface area contributed by atoms with Gasteiger partial charge in [0.1, 0.15) is 0 Å². The number of hydrogen-bond donors (Lipinski definition) is 2. The fourth-order valence-corrected chi connectivity index (χ4v) is 1.24. The molecule has 0 aromatic heterocycles. The van der Waals surface area contributed by atoms with Gasteiger partial charge in [-0.05, 0) is 24.2 Å². The van der Waals surface area contributed by atoms with Gasteiger partial charge in [0.15, 0.2) is 0 Å². The van der Waals surface area contributed by atoms with Gasteiger partial charge in [-0.2, -0.15) is 0 Å². The zero-order valence-electron chi connectivity index (χ0n) is 11.1. The molecule has 0 saturated carbocycles. The zero-order chi connectivity index (χ0) is 12.0. The van der Waals surface area contributed by atoms with Crippen LogP contribution in [-0.2, 0) is 4.79 Å². The van der Waals surface area contributed by atoms with Gasteiger partial charge in [-0.15, -0.1) is 12.4 Å². The SMILES string of the molecule is CC(C)C[C@H](N)C(=O)NCC(C)C(C)C.Cl. The summed E-state index contributed by atoms with van der Waals surface area (Å²) in [7, 11) is 0. The summed E-state index contributed by atoms with van der Waals surface area (Å²) in [5.74, 6) is 1.54. The molecular formula is C12H27ClN2O. The maximum absolute atomic E-state index is 11.6. The second kappa shape index (κ2) is 8.82. The lowest BCUT2D eigenvalue weighted by Gasteiger charge is -2.19. The lowest BCUT2D eigenvalue weighted by atomic mass is 9.98. The van der Waals surface area contributed by atoms with Crippen molar-refractivity contribution in [2.45, 2.75) is 47.1 Å². The molecule has 0 bridgehead atoms. The lowest BCUT2D eigenvalue weighted by Crippen LogP contribution is -2.43. The highest BCUT2D eigenvalue weighted by atomic mass is 35.5. The van der Waals surface area contributed by atoms with Crippen molar-refractivity contribution in [3.63, 3.8) is 0 Å². The molecule has 0 heterocycles. The molecule has 98 valence electrons. The van der Waals surface area contributed by atoms with Crippen LogP contribution in [0, 0.1) is 17.8 Å². The normalized spacial score (nSPS) is 14.5. The molecule has 0 radical (unpaired) electrons.